The van der Waals surface area contributed by atoms with E-state index >= 15 is 0 Å². The summed E-state index contributed by atoms with van der Waals surface area (Å²) in [5, 5.41) is 2.81. The van der Waals surface area contributed by atoms with Gasteiger partial charge in [-0.05, 0) is 49.4 Å². The third kappa shape index (κ3) is 6.75. The second kappa shape index (κ2) is 12.0. The van der Waals surface area contributed by atoms with E-state index in [1.165, 1.54) is 15.3 Å². The van der Waals surface area contributed by atoms with Crippen LogP contribution in [0.5, 0.6) is 5.75 Å². The van der Waals surface area contributed by atoms with Gasteiger partial charge in [0.1, 0.15) is 10.6 Å². The predicted octanol–water partition coefficient (Wildman–Crippen LogP) is 4.63. The van der Waals surface area contributed by atoms with E-state index < -0.39 is 10.0 Å². The Morgan fingerprint density at radius 1 is 1.07 bits per heavy atom. The first kappa shape index (κ1) is 24.2. The number of hydrogen-bond acceptors (Lipinski definition) is 5. The fraction of sp³-hybridized carbons (Fsp3) is 0.409. The number of rotatable bonds is 12. The van der Waals surface area contributed by atoms with E-state index in [1.54, 1.807) is 44.7 Å². The van der Waals surface area contributed by atoms with Crippen LogP contribution in [0.25, 0.3) is 0 Å². The van der Waals surface area contributed by atoms with Gasteiger partial charge in [0.2, 0.25) is 15.9 Å². The highest BCUT2D eigenvalue weighted by atomic mass is 32.2. The molecular weight excluding hydrogens is 420 g/mol. The first-order chi connectivity index (χ1) is 14.4. The number of benzene rings is 2. The molecule has 0 unspecified atom stereocenters. The van der Waals surface area contributed by atoms with Crippen molar-refractivity contribution >= 4 is 33.4 Å². The summed E-state index contributed by atoms with van der Waals surface area (Å²) in [4.78, 5) is 13.6. The maximum absolute atomic E-state index is 13.0. The maximum Gasteiger partial charge on any atom is 0.246 e. The molecule has 0 aliphatic carbocycles. The van der Waals surface area contributed by atoms with Crippen molar-refractivity contribution in [3.05, 3.63) is 48.5 Å². The zero-order valence-corrected chi connectivity index (χ0v) is 19.4. The average Bonchev–Trinajstić information content (AvgIpc) is 2.74. The molecule has 30 heavy (non-hydrogen) atoms. The SMILES string of the molecule is CCOc1ccc(NC(=O)CCCSc2ccccc2)cc1S(=O)(=O)N(CC)CC. The standard InChI is InChI=1S/C22H30N2O4S2/c1-4-24(5-2)30(26,27)21-17-18(14-15-20(21)28-6-3)23-22(25)13-10-16-29-19-11-8-7-9-12-19/h7-9,11-12,14-15,17H,4-6,10,13,16H2,1-3H3,(H,23,25). The van der Waals surface area contributed by atoms with Crippen LogP contribution in [0.2, 0.25) is 0 Å². The molecule has 0 heterocycles. The number of anilines is 1. The van der Waals surface area contributed by atoms with Gasteiger partial charge in [0, 0.05) is 30.1 Å². The van der Waals surface area contributed by atoms with Crippen molar-refractivity contribution < 1.29 is 17.9 Å². The minimum atomic E-state index is -3.71. The normalized spacial score (nSPS) is 11.5. The Kier molecular flexibility index (Phi) is 9.68. The number of hydrogen-bond donors (Lipinski definition) is 1. The molecule has 0 fully saturated rings. The van der Waals surface area contributed by atoms with Crippen LogP contribution in [-0.2, 0) is 14.8 Å². The molecule has 0 saturated carbocycles. The molecule has 1 amide bonds. The van der Waals surface area contributed by atoms with E-state index in [0.717, 1.165) is 12.2 Å². The number of nitrogens with zero attached hydrogens (tertiary/aromatic N) is 1. The van der Waals surface area contributed by atoms with Gasteiger partial charge >= 0.3 is 0 Å². The number of thioether (sulfide) groups is 1. The third-order valence-electron chi connectivity index (χ3n) is 4.41. The topological polar surface area (TPSA) is 75.7 Å². The van der Waals surface area contributed by atoms with Crippen LogP contribution in [0.1, 0.15) is 33.6 Å². The van der Waals surface area contributed by atoms with Crippen molar-refractivity contribution in [3.63, 3.8) is 0 Å². The molecular formula is C22H30N2O4S2. The summed E-state index contributed by atoms with van der Waals surface area (Å²) in [5.74, 6) is 0.989. The molecule has 2 aromatic carbocycles. The highest BCUT2D eigenvalue weighted by Gasteiger charge is 2.26. The van der Waals surface area contributed by atoms with Crippen molar-refractivity contribution in [1.82, 2.24) is 4.31 Å². The lowest BCUT2D eigenvalue weighted by atomic mass is 10.2. The first-order valence-corrected chi connectivity index (χ1v) is 12.6. The van der Waals surface area contributed by atoms with Gasteiger partial charge in [-0.25, -0.2) is 8.42 Å². The molecule has 0 radical (unpaired) electrons. The molecule has 0 spiro atoms. The summed E-state index contributed by atoms with van der Waals surface area (Å²) in [6, 6.07) is 14.8. The van der Waals surface area contributed by atoms with Gasteiger partial charge in [0.25, 0.3) is 0 Å². The summed E-state index contributed by atoms with van der Waals surface area (Å²) in [6.45, 7) is 6.46. The number of carbonyl (C=O) groups excluding carboxylic acids is 1. The Hall–Kier alpha value is -2.03. The average molecular weight is 451 g/mol. The molecule has 0 saturated heterocycles. The molecule has 0 bridgehead atoms. The fourth-order valence-electron chi connectivity index (χ4n) is 2.93. The molecule has 8 heteroatoms. The van der Waals surface area contributed by atoms with Crippen LogP contribution in [0, 0.1) is 0 Å². The molecule has 2 rings (SSSR count). The van der Waals surface area contributed by atoms with E-state index in [0.29, 0.717) is 37.6 Å². The second-order valence-electron chi connectivity index (χ2n) is 6.50. The lowest BCUT2D eigenvalue weighted by Gasteiger charge is -2.21. The zero-order chi connectivity index (χ0) is 22.0. The molecule has 0 aliphatic rings. The zero-order valence-electron chi connectivity index (χ0n) is 17.8. The minimum Gasteiger partial charge on any atom is -0.492 e. The number of sulfonamides is 1. The van der Waals surface area contributed by atoms with Crippen molar-refractivity contribution in [1.29, 1.82) is 0 Å². The third-order valence-corrected chi connectivity index (χ3v) is 7.58. The summed E-state index contributed by atoms with van der Waals surface area (Å²) < 4.78 is 32.9. The maximum atomic E-state index is 13.0. The highest BCUT2D eigenvalue weighted by molar-refractivity contribution is 7.99. The molecule has 0 aliphatic heterocycles. The Labute approximate surface area is 184 Å². The molecule has 6 nitrogen and oxygen atoms in total. The van der Waals surface area contributed by atoms with E-state index in [9.17, 15) is 13.2 Å². The Morgan fingerprint density at radius 3 is 2.40 bits per heavy atom. The van der Waals surface area contributed by atoms with Crippen LogP contribution < -0.4 is 10.1 Å². The van der Waals surface area contributed by atoms with Gasteiger partial charge < -0.3 is 10.1 Å². The molecule has 1 N–H and O–H groups in total. The molecule has 0 aromatic heterocycles. The van der Waals surface area contributed by atoms with Gasteiger partial charge in [-0.3, -0.25) is 4.79 Å². The Balaban J connectivity index is 2.04. The summed E-state index contributed by atoms with van der Waals surface area (Å²) in [7, 11) is -3.71. The summed E-state index contributed by atoms with van der Waals surface area (Å²) in [6.07, 6.45) is 1.10. The number of ether oxygens (including phenoxy) is 1. The summed E-state index contributed by atoms with van der Waals surface area (Å²) >= 11 is 1.71. The van der Waals surface area contributed by atoms with Gasteiger partial charge in [-0.2, -0.15) is 4.31 Å². The Morgan fingerprint density at radius 2 is 1.77 bits per heavy atom. The number of amides is 1. The van der Waals surface area contributed by atoms with E-state index in [4.69, 9.17) is 4.74 Å². The number of nitrogens with one attached hydrogen (secondary N) is 1. The van der Waals surface area contributed by atoms with Gasteiger partial charge in [-0.15, -0.1) is 11.8 Å². The Bertz CT molecular complexity index is 914. The van der Waals surface area contributed by atoms with Crippen LogP contribution in [-0.4, -0.2) is 44.1 Å². The van der Waals surface area contributed by atoms with Gasteiger partial charge in [0.15, 0.2) is 0 Å². The lowest BCUT2D eigenvalue weighted by molar-refractivity contribution is -0.116. The van der Waals surface area contributed by atoms with E-state index in [-0.39, 0.29) is 10.8 Å². The number of carbonyl (C=O) groups is 1. The van der Waals surface area contributed by atoms with Gasteiger partial charge in [0.05, 0.1) is 6.61 Å². The van der Waals surface area contributed by atoms with E-state index in [2.05, 4.69) is 5.32 Å². The molecule has 0 atom stereocenters. The van der Waals surface area contributed by atoms with Crippen LogP contribution >= 0.6 is 11.8 Å². The van der Waals surface area contributed by atoms with Crippen molar-refractivity contribution in [3.8, 4) is 5.75 Å². The van der Waals surface area contributed by atoms with E-state index in [1.807, 2.05) is 30.3 Å². The molecule has 164 valence electrons. The van der Waals surface area contributed by atoms with Crippen molar-refractivity contribution in [2.24, 2.45) is 0 Å². The minimum absolute atomic E-state index is 0.0745. The predicted molar refractivity (Wildman–Crippen MR) is 123 cm³/mol. The quantitative estimate of drug-likeness (QED) is 0.377. The first-order valence-electron chi connectivity index (χ1n) is 10.2. The van der Waals surface area contributed by atoms with Crippen molar-refractivity contribution in [2.45, 2.75) is 43.4 Å². The largest absolute Gasteiger partial charge is 0.492 e. The smallest absolute Gasteiger partial charge is 0.246 e. The highest BCUT2D eigenvalue weighted by Crippen LogP contribution is 2.30. The van der Waals surface area contributed by atoms with Gasteiger partial charge in [-0.1, -0.05) is 32.0 Å². The van der Waals surface area contributed by atoms with Crippen LogP contribution in [0.3, 0.4) is 0 Å². The van der Waals surface area contributed by atoms with Crippen molar-refractivity contribution in [2.75, 3.05) is 30.8 Å². The lowest BCUT2D eigenvalue weighted by Crippen LogP contribution is -2.31. The van der Waals surface area contributed by atoms with Crippen LogP contribution in [0.15, 0.2) is 58.3 Å². The fourth-order valence-corrected chi connectivity index (χ4v) is 5.42. The monoisotopic (exact) mass is 450 g/mol. The molecule has 2 aromatic rings. The summed E-state index contributed by atoms with van der Waals surface area (Å²) in [5.41, 5.74) is 0.449. The second-order valence-corrected chi connectivity index (χ2v) is 9.57. The van der Waals surface area contributed by atoms with Crippen LogP contribution in [0.4, 0.5) is 5.69 Å².